The highest BCUT2D eigenvalue weighted by atomic mass is 16.5. The molecule has 3 N–H and O–H groups in total. The van der Waals surface area contributed by atoms with Crippen LogP contribution in [0.25, 0.3) is 0 Å². The van der Waals surface area contributed by atoms with Gasteiger partial charge >= 0.3 is 5.97 Å². The maximum Gasteiger partial charge on any atom is 0.326 e. The second kappa shape index (κ2) is 13.2. The number of carboxylic acid groups (broad SMARTS) is 1. The summed E-state index contributed by atoms with van der Waals surface area (Å²) in [6.45, 7) is 7.20. The summed E-state index contributed by atoms with van der Waals surface area (Å²) in [6, 6.07) is 3.59. The van der Waals surface area contributed by atoms with Gasteiger partial charge in [0.2, 0.25) is 5.95 Å². The number of hydrogen-bond donors (Lipinski definition) is 3. The highest BCUT2D eigenvalue weighted by molar-refractivity contribution is 5.76. The van der Waals surface area contributed by atoms with Gasteiger partial charge in [0, 0.05) is 44.8 Å². The highest BCUT2D eigenvalue weighted by Gasteiger charge is 2.20. The molecule has 34 heavy (non-hydrogen) atoms. The van der Waals surface area contributed by atoms with Crippen molar-refractivity contribution < 1.29 is 14.6 Å². The van der Waals surface area contributed by atoms with Crippen molar-refractivity contribution in [1.82, 2.24) is 19.9 Å². The molecule has 1 aliphatic heterocycles. The molecule has 2 aromatic rings. The summed E-state index contributed by atoms with van der Waals surface area (Å²) >= 11 is 0. The Morgan fingerprint density at radius 1 is 1.26 bits per heavy atom. The summed E-state index contributed by atoms with van der Waals surface area (Å²) in [5.41, 5.74) is 3.37. The summed E-state index contributed by atoms with van der Waals surface area (Å²) in [5, 5.41) is 16.0. The van der Waals surface area contributed by atoms with Crippen molar-refractivity contribution in [3.63, 3.8) is 0 Å². The van der Waals surface area contributed by atoms with Gasteiger partial charge in [-0.25, -0.2) is 19.7 Å². The molecule has 186 valence electrons. The second-order valence-electron chi connectivity index (χ2n) is 9.05. The first kappa shape index (κ1) is 25.8. The van der Waals surface area contributed by atoms with E-state index in [0.29, 0.717) is 18.9 Å². The number of aryl methyl sites for hydroxylation is 3. The molecule has 0 fully saturated rings. The first-order valence-corrected chi connectivity index (χ1v) is 12.2. The van der Waals surface area contributed by atoms with E-state index in [1.54, 1.807) is 19.5 Å². The van der Waals surface area contributed by atoms with Crippen molar-refractivity contribution in [3.8, 4) is 0 Å². The molecule has 2 atom stereocenters. The van der Waals surface area contributed by atoms with Crippen LogP contribution in [-0.4, -0.2) is 76.4 Å². The summed E-state index contributed by atoms with van der Waals surface area (Å²) in [7, 11) is 1.70. The van der Waals surface area contributed by atoms with Crippen LogP contribution in [-0.2, 0) is 22.4 Å². The van der Waals surface area contributed by atoms with Crippen LogP contribution in [0.1, 0.15) is 49.4 Å². The number of anilines is 2. The molecule has 0 saturated heterocycles. The largest absolute Gasteiger partial charge is 0.480 e. The van der Waals surface area contributed by atoms with E-state index < -0.39 is 12.0 Å². The lowest BCUT2D eigenvalue weighted by Gasteiger charge is -2.26. The van der Waals surface area contributed by atoms with Gasteiger partial charge in [-0.15, -0.1) is 0 Å². The second-order valence-corrected chi connectivity index (χ2v) is 9.05. The lowest BCUT2D eigenvalue weighted by Crippen LogP contribution is -2.38. The summed E-state index contributed by atoms with van der Waals surface area (Å²) in [5.74, 6) is 0.474. The SMILES string of the molecule is CO[C@@H](C)CN(CCCCc1ccc2c(n1)NCCC2)CC[C@H](Nc1ncc(C)cn1)C(=O)O. The van der Waals surface area contributed by atoms with E-state index in [1.165, 1.54) is 12.0 Å². The fourth-order valence-electron chi connectivity index (χ4n) is 4.07. The van der Waals surface area contributed by atoms with Crippen molar-refractivity contribution >= 4 is 17.7 Å². The molecule has 9 nitrogen and oxygen atoms in total. The number of carbonyl (C=O) groups is 1. The van der Waals surface area contributed by atoms with E-state index in [4.69, 9.17) is 9.72 Å². The van der Waals surface area contributed by atoms with E-state index in [-0.39, 0.29) is 6.10 Å². The summed E-state index contributed by atoms with van der Waals surface area (Å²) < 4.78 is 5.46. The quantitative estimate of drug-likeness (QED) is 0.358. The fourth-order valence-corrected chi connectivity index (χ4v) is 4.07. The molecule has 1 aliphatic rings. The highest BCUT2D eigenvalue weighted by Crippen LogP contribution is 2.20. The number of methoxy groups -OCH3 is 1. The Labute approximate surface area is 202 Å². The molecule has 0 saturated carbocycles. The molecule has 9 heteroatoms. The Bertz CT molecular complexity index is 908. The molecular weight excluding hydrogens is 432 g/mol. The first-order chi connectivity index (χ1) is 16.4. The number of nitrogens with one attached hydrogen (secondary N) is 2. The van der Waals surface area contributed by atoms with Gasteiger partial charge in [-0.05, 0) is 76.1 Å². The van der Waals surface area contributed by atoms with Crippen molar-refractivity contribution in [1.29, 1.82) is 0 Å². The Morgan fingerprint density at radius 2 is 2.06 bits per heavy atom. The number of rotatable bonds is 14. The molecule has 0 aromatic carbocycles. The van der Waals surface area contributed by atoms with Gasteiger partial charge in [-0.3, -0.25) is 0 Å². The number of nitrogens with zero attached hydrogens (tertiary/aromatic N) is 4. The predicted molar refractivity (Wildman–Crippen MR) is 133 cm³/mol. The minimum Gasteiger partial charge on any atom is -0.480 e. The standard InChI is InChI=1S/C25H38N6O3/c1-18-15-27-25(28-16-18)30-22(24(32)33)11-14-31(17-19(2)34-3)13-5-4-8-21-10-9-20-7-6-12-26-23(20)29-21/h9-10,15-16,19,22H,4-8,11-14,17H2,1-3H3,(H,26,29)(H,32,33)(H,27,28,30)/t19-,22-/m0/s1. The zero-order valence-electron chi connectivity index (χ0n) is 20.6. The van der Waals surface area contributed by atoms with Crippen LogP contribution >= 0.6 is 0 Å². The van der Waals surface area contributed by atoms with Gasteiger partial charge in [0.1, 0.15) is 11.9 Å². The molecule has 3 rings (SSSR count). The maximum absolute atomic E-state index is 11.8. The lowest BCUT2D eigenvalue weighted by molar-refractivity contribution is -0.138. The third-order valence-corrected chi connectivity index (χ3v) is 6.14. The number of fused-ring (bicyclic) bond motifs is 1. The van der Waals surface area contributed by atoms with E-state index >= 15 is 0 Å². The molecule has 2 aromatic heterocycles. The third kappa shape index (κ3) is 8.22. The van der Waals surface area contributed by atoms with Gasteiger partial charge in [-0.1, -0.05) is 6.07 Å². The van der Waals surface area contributed by atoms with Crippen molar-refractivity contribution in [3.05, 3.63) is 41.3 Å². The maximum atomic E-state index is 11.8. The molecule has 3 heterocycles. The van der Waals surface area contributed by atoms with E-state index in [2.05, 4.69) is 37.6 Å². The Balaban J connectivity index is 1.49. The number of ether oxygens (including phenoxy) is 1. The van der Waals surface area contributed by atoms with Crippen LogP contribution < -0.4 is 10.6 Å². The smallest absolute Gasteiger partial charge is 0.326 e. The number of carboxylic acids is 1. The van der Waals surface area contributed by atoms with E-state index in [0.717, 1.165) is 62.4 Å². The Morgan fingerprint density at radius 3 is 2.79 bits per heavy atom. The van der Waals surface area contributed by atoms with Gasteiger partial charge in [-0.2, -0.15) is 0 Å². The monoisotopic (exact) mass is 470 g/mol. The van der Waals surface area contributed by atoms with Gasteiger partial charge < -0.3 is 25.4 Å². The first-order valence-electron chi connectivity index (χ1n) is 12.2. The number of aromatic nitrogens is 3. The van der Waals surface area contributed by atoms with Gasteiger partial charge in [0.05, 0.1) is 6.10 Å². The third-order valence-electron chi connectivity index (χ3n) is 6.14. The molecule has 0 radical (unpaired) electrons. The minimum absolute atomic E-state index is 0.0741. The minimum atomic E-state index is -0.906. The van der Waals surface area contributed by atoms with Crippen LogP contribution in [0, 0.1) is 6.92 Å². The molecule has 0 bridgehead atoms. The average molecular weight is 471 g/mol. The zero-order valence-corrected chi connectivity index (χ0v) is 20.6. The van der Waals surface area contributed by atoms with E-state index in [9.17, 15) is 9.90 Å². The van der Waals surface area contributed by atoms with Crippen molar-refractivity contribution in [2.45, 2.75) is 64.5 Å². The predicted octanol–water partition coefficient (Wildman–Crippen LogP) is 3.15. The van der Waals surface area contributed by atoms with Crippen LogP contribution in [0.4, 0.5) is 11.8 Å². The number of hydrogen-bond acceptors (Lipinski definition) is 8. The number of aliphatic carboxylic acids is 1. The van der Waals surface area contributed by atoms with Crippen molar-refractivity contribution in [2.24, 2.45) is 0 Å². The van der Waals surface area contributed by atoms with Gasteiger partial charge in [0.15, 0.2) is 0 Å². The topological polar surface area (TPSA) is 113 Å². The molecule has 0 spiro atoms. The van der Waals surface area contributed by atoms with Crippen molar-refractivity contribution in [2.75, 3.05) is 43.9 Å². The lowest BCUT2D eigenvalue weighted by atomic mass is 10.1. The summed E-state index contributed by atoms with van der Waals surface area (Å²) in [4.78, 5) is 27.2. The molecular formula is C25H38N6O3. The zero-order chi connectivity index (χ0) is 24.3. The van der Waals surface area contributed by atoms with E-state index in [1.807, 2.05) is 13.8 Å². The summed E-state index contributed by atoms with van der Waals surface area (Å²) in [6.07, 6.45) is 9.11. The Hall–Kier alpha value is -2.78. The molecule has 0 unspecified atom stereocenters. The Kier molecular flexibility index (Phi) is 10.0. The van der Waals surface area contributed by atoms with Crippen LogP contribution in [0.5, 0.6) is 0 Å². The molecule has 0 amide bonds. The fraction of sp³-hybridized carbons (Fsp3) is 0.600. The molecule has 0 aliphatic carbocycles. The van der Waals surface area contributed by atoms with Crippen LogP contribution in [0.3, 0.4) is 0 Å². The van der Waals surface area contributed by atoms with Crippen LogP contribution in [0.15, 0.2) is 24.5 Å². The number of pyridine rings is 1. The van der Waals surface area contributed by atoms with Crippen LogP contribution in [0.2, 0.25) is 0 Å². The number of unbranched alkanes of at least 4 members (excludes halogenated alkanes) is 1. The van der Waals surface area contributed by atoms with Gasteiger partial charge in [0.25, 0.3) is 0 Å². The average Bonchev–Trinajstić information content (AvgIpc) is 2.84. The normalized spacial score (nSPS) is 14.8.